The molecule has 0 unspecified atom stereocenters. The third-order valence-electron chi connectivity index (χ3n) is 6.43. The molecule has 36 heavy (non-hydrogen) atoms. The Morgan fingerprint density at radius 3 is 2.53 bits per heavy atom. The Labute approximate surface area is 216 Å². The van der Waals surface area contributed by atoms with Crippen molar-refractivity contribution in [1.29, 1.82) is 0 Å². The second-order valence-corrected chi connectivity index (χ2v) is 9.01. The zero-order chi connectivity index (χ0) is 24.9. The number of rotatable bonds is 8. The second kappa shape index (κ2) is 10.7. The third-order valence-corrected chi connectivity index (χ3v) is 6.78. The molecule has 0 bridgehead atoms. The number of hydrogen-bond donors (Lipinski definition) is 2. The Kier molecular flexibility index (Phi) is 7.04. The number of benzene rings is 1. The first-order valence-corrected chi connectivity index (χ1v) is 12.5. The fraction of sp³-hybridized carbons (Fsp3) is 0.214. The van der Waals surface area contributed by atoms with Gasteiger partial charge in [-0.05, 0) is 66.7 Å². The second-order valence-electron chi connectivity index (χ2n) is 8.62. The molecule has 0 aliphatic carbocycles. The summed E-state index contributed by atoms with van der Waals surface area (Å²) in [5, 5.41) is 7.13. The minimum Gasteiger partial charge on any atom is -0.352 e. The van der Waals surface area contributed by atoms with Crippen molar-refractivity contribution >= 4 is 28.9 Å². The van der Waals surface area contributed by atoms with Crippen LogP contribution in [-0.4, -0.2) is 37.0 Å². The van der Waals surface area contributed by atoms with E-state index in [-0.39, 0.29) is 18.0 Å². The SMILES string of the molecule is CCc1ccccc1NC(=O)CCN1C(=S)N[C@H](c2ccccn2)[C@H]1c1cccn1-c1ccccn1. The molecule has 1 aromatic carbocycles. The first kappa shape index (κ1) is 23.7. The molecule has 1 amide bonds. The van der Waals surface area contributed by atoms with Crippen LogP contribution in [0, 0.1) is 0 Å². The average molecular weight is 497 g/mol. The topological polar surface area (TPSA) is 75.1 Å². The molecule has 1 aliphatic rings. The summed E-state index contributed by atoms with van der Waals surface area (Å²) < 4.78 is 2.07. The fourth-order valence-electron chi connectivity index (χ4n) is 4.69. The van der Waals surface area contributed by atoms with Gasteiger partial charge in [0.25, 0.3) is 0 Å². The van der Waals surface area contributed by atoms with Crippen LogP contribution in [0.5, 0.6) is 0 Å². The van der Waals surface area contributed by atoms with Crippen LogP contribution in [0.15, 0.2) is 91.4 Å². The quantitative estimate of drug-likeness (QED) is 0.340. The monoisotopic (exact) mass is 496 g/mol. The Bertz CT molecular complexity index is 1340. The molecule has 1 saturated heterocycles. The van der Waals surface area contributed by atoms with E-state index in [4.69, 9.17) is 12.2 Å². The maximum absolute atomic E-state index is 12.9. The number of carbonyl (C=O) groups is 1. The summed E-state index contributed by atoms with van der Waals surface area (Å²) in [6.45, 7) is 2.55. The lowest BCUT2D eigenvalue weighted by Crippen LogP contribution is -2.33. The number of para-hydroxylation sites is 1. The Morgan fingerprint density at radius 1 is 1.00 bits per heavy atom. The molecule has 0 radical (unpaired) electrons. The molecular formula is C28H28N6OS. The van der Waals surface area contributed by atoms with E-state index < -0.39 is 0 Å². The Balaban J connectivity index is 1.43. The molecule has 0 saturated carbocycles. The predicted octanol–water partition coefficient (Wildman–Crippen LogP) is 4.83. The lowest BCUT2D eigenvalue weighted by molar-refractivity contribution is -0.116. The Morgan fingerprint density at radius 2 is 1.78 bits per heavy atom. The van der Waals surface area contributed by atoms with E-state index >= 15 is 0 Å². The van der Waals surface area contributed by atoms with Gasteiger partial charge in [-0.1, -0.05) is 37.3 Å². The van der Waals surface area contributed by atoms with Gasteiger partial charge in [-0.2, -0.15) is 0 Å². The van der Waals surface area contributed by atoms with E-state index in [2.05, 4.69) is 43.1 Å². The van der Waals surface area contributed by atoms with Gasteiger partial charge in [0.2, 0.25) is 5.91 Å². The average Bonchev–Trinajstić information content (AvgIpc) is 3.53. The highest BCUT2D eigenvalue weighted by atomic mass is 32.1. The number of anilines is 1. The molecule has 4 heterocycles. The molecule has 7 nitrogen and oxygen atoms in total. The number of pyridine rings is 2. The first-order chi connectivity index (χ1) is 17.7. The molecule has 8 heteroatoms. The van der Waals surface area contributed by atoms with Crippen LogP contribution in [0.1, 0.15) is 42.4 Å². The summed E-state index contributed by atoms with van der Waals surface area (Å²) >= 11 is 5.78. The highest BCUT2D eigenvalue weighted by Crippen LogP contribution is 2.39. The van der Waals surface area contributed by atoms with Crippen LogP contribution in [0.25, 0.3) is 5.82 Å². The van der Waals surface area contributed by atoms with Crippen LogP contribution < -0.4 is 10.6 Å². The maximum atomic E-state index is 12.9. The standard InChI is InChI=1S/C28H28N6OS/c1-2-20-10-3-4-11-21(20)31-25(35)15-19-34-27(26(32-28(34)36)22-12-5-7-16-29-22)23-13-9-18-33(23)24-14-6-8-17-30-24/h3-14,16-18,26-27H,2,15,19H2,1H3,(H,31,35)(H,32,36)/t26-,27-/m1/s1. The normalized spacial score (nSPS) is 17.1. The minimum absolute atomic E-state index is 0.0427. The molecule has 0 spiro atoms. The number of thiocarbonyl (C=S) groups is 1. The highest BCUT2D eigenvalue weighted by molar-refractivity contribution is 7.80. The van der Waals surface area contributed by atoms with Gasteiger partial charge in [0.15, 0.2) is 5.11 Å². The number of amides is 1. The first-order valence-electron chi connectivity index (χ1n) is 12.1. The summed E-state index contributed by atoms with van der Waals surface area (Å²) in [5.41, 5.74) is 3.89. The van der Waals surface area contributed by atoms with Gasteiger partial charge in [-0.15, -0.1) is 0 Å². The van der Waals surface area contributed by atoms with Gasteiger partial charge >= 0.3 is 0 Å². The van der Waals surface area contributed by atoms with Gasteiger partial charge in [-0.3, -0.25) is 9.78 Å². The predicted molar refractivity (Wildman–Crippen MR) is 145 cm³/mol. The zero-order valence-electron chi connectivity index (χ0n) is 20.0. The lowest BCUT2D eigenvalue weighted by atomic mass is 10.0. The van der Waals surface area contributed by atoms with E-state index in [9.17, 15) is 4.79 Å². The van der Waals surface area contributed by atoms with Crippen molar-refractivity contribution in [2.45, 2.75) is 31.8 Å². The number of aryl methyl sites for hydroxylation is 1. The summed E-state index contributed by atoms with van der Waals surface area (Å²) in [6, 6.07) is 23.4. The lowest BCUT2D eigenvalue weighted by Gasteiger charge is -2.28. The molecule has 2 N–H and O–H groups in total. The van der Waals surface area contributed by atoms with Gasteiger partial charge < -0.3 is 20.1 Å². The molecular weight excluding hydrogens is 468 g/mol. The number of nitrogens with zero attached hydrogens (tertiary/aromatic N) is 4. The molecule has 2 atom stereocenters. The maximum Gasteiger partial charge on any atom is 0.226 e. The van der Waals surface area contributed by atoms with E-state index in [0.717, 1.165) is 34.9 Å². The van der Waals surface area contributed by atoms with Gasteiger partial charge in [-0.25, -0.2) is 4.98 Å². The van der Waals surface area contributed by atoms with Crippen LogP contribution in [-0.2, 0) is 11.2 Å². The number of hydrogen-bond acceptors (Lipinski definition) is 4. The van der Waals surface area contributed by atoms with Crippen LogP contribution in [0.4, 0.5) is 5.69 Å². The van der Waals surface area contributed by atoms with E-state index in [1.165, 1.54) is 0 Å². The van der Waals surface area contributed by atoms with Gasteiger partial charge in [0.1, 0.15) is 5.82 Å². The van der Waals surface area contributed by atoms with Crippen molar-refractivity contribution in [3.63, 3.8) is 0 Å². The largest absolute Gasteiger partial charge is 0.352 e. The molecule has 5 rings (SSSR count). The molecule has 3 aromatic heterocycles. The summed E-state index contributed by atoms with van der Waals surface area (Å²) in [7, 11) is 0. The van der Waals surface area contributed by atoms with E-state index in [1.54, 1.807) is 12.4 Å². The van der Waals surface area contributed by atoms with Crippen molar-refractivity contribution in [2.24, 2.45) is 0 Å². The third kappa shape index (κ3) is 4.85. The van der Waals surface area contributed by atoms with Gasteiger partial charge in [0.05, 0.1) is 17.8 Å². The van der Waals surface area contributed by atoms with Crippen LogP contribution >= 0.6 is 12.2 Å². The number of nitrogens with one attached hydrogen (secondary N) is 2. The van der Waals surface area contributed by atoms with Crippen LogP contribution in [0.3, 0.4) is 0 Å². The number of aromatic nitrogens is 3. The van der Waals surface area contributed by atoms with Crippen molar-refractivity contribution in [1.82, 2.24) is 24.8 Å². The summed E-state index contributed by atoms with van der Waals surface area (Å²) in [5.74, 6) is 0.780. The summed E-state index contributed by atoms with van der Waals surface area (Å²) in [4.78, 5) is 24.2. The van der Waals surface area contributed by atoms with Crippen molar-refractivity contribution in [2.75, 3.05) is 11.9 Å². The highest BCUT2D eigenvalue weighted by Gasteiger charge is 2.41. The van der Waals surface area contributed by atoms with Crippen molar-refractivity contribution in [3.8, 4) is 5.82 Å². The van der Waals surface area contributed by atoms with Crippen molar-refractivity contribution < 1.29 is 4.79 Å². The zero-order valence-corrected chi connectivity index (χ0v) is 20.9. The fourth-order valence-corrected chi connectivity index (χ4v) is 5.02. The smallest absolute Gasteiger partial charge is 0.226 e. The summed E-state index contributed by atoms with van der Waals surface area (Å²) in [6.07, 6.45) is 6.73. The van der Waals surface area contributed by atoms with Gasteiger partial charge in [0, 0.05) is 42.9 Å². The molecule has 182 valence electrons. The van der Waals surface area contributed by atoms with E-state index in [0.29, 0.717) is 18.1 Å². The number of carbonyl (C=O) groups excluding carboxylic acids is 1. The Hall–Kier alpha value is -4.04. The van der Waals surface area contributed by atoms with Crippen LogP contribution in [0.2, 0.25) is 0 Å². The molecule has 1 fully saturated rings. The van der Waals surface area contributed by atoms with E-state index in [1.807, 2.05) is 72.9 Å². The minimum atomic E-state index is -0.167. The molecule has 1 aliphatic heterocycles. The van der Waals surface area contributed by atoms with Crippen molar-refractivity contribution in [3.05, 3.63) is 108 Å². The molecule has 4 aromatic rings.